The largest absolute Gasteiger partial charge is 0.469 e. The average molecular weight is 207 g/mol. The predicted molar refractivity (Wildman–Crippen MR) is 52.9 cm³/mol. The van der Waals surface area contributed by atoms with Crippen LogP contribution >= 0.6 is 0 Å². The summed E-state index contributed by atoms with van der Waals surface area (Å²) in [5, 5.41) is 11.7. The third kappa shape index (κ3) is 2.21. The first-order chi connectivity index (χ1) is 7.15. The number of hydrogen-bond acceptors (Lipinski definition) is 5. The van der Waals surface area contributed by atoms with Crippen LogP contribution in [0.2, 0.25) is 0 Å². The zero-order chi connectivity index (χ0) is 10.8. The van der Waals surface area contributed by atoms with Crippen LogP contribution in [0.1, 0.15) is 23.2 Å². The van der Waals surface area contributed by atoms with Gasteiger partial charge in [-0.05, 0) is 18.2 Å². The molecule has 2 aromatic rings. The topological polar surface area (TPSA) is 82.8 Å². The Labute approximate surface area is 87.1 Å². The Morgan fingerprint density at radius 1 is 1.60 bits per heavy atom. The number of tetrazole rings is 1. The van der Waals surface area contributed by atoms with E-state index >= 15 is 0 Å². The lowest BCUT2D eigenvalue weighted by Crippen LogP contribution is -2.13. The van der Waals surface area contributed by atoms with Gasteiger partial charge in [-0.3, -0.25) is 0 Å². The fourth-order valence-corrected chi connectivity index (χ4v) is 1.38. The molecule has 0 spiro atoms. The predicted octanol–water partition coefficient (Wildman–Crippen LogP) is 0.354. The highest BCUT2D eigenvalue weighted by Gasteiger charge is 2.12. The Morgan fingerprint density at radius 2 is 2.40 bits per heavy atom. The molecule has 2 heterocycles. The van der Waals surface area contributed by atoms with Gasteiger partial charge in [-0.1, -0.05) is 0 Å². The van der Waals surface area contributed by atoms with Crippen LogP contribution in [0, 0.1) is 6.92 Å². The summed E-state index contributed by atoms with van der Waals surface area (Å²) in [4.78, 5) is 1.42. The normalized spacial score (nSPS) is 13.0. The van der Waals surface area contributed by atoms with Crippen molar-refractivity contribution >= 4 is 0 Å². The second kappa shape index (κ2) is 3.82. The fraction of sp³-hybridized carbons (Fsp3) is 0.444. The number of furan rings is 1. The van der Waals surface area contributed by atoms with Gasteiger partial charge in [0.1, 0.15) is 5.76 Å². The number of hydrogen-bond donors (Lipinski definition) is 1. The molecule has 15 heavy (non-hydrogen) atoms. The molecule has 0 saturated heterocycles. The Bertz CT molecular complexity index is 447. The number of rotatable bonds is 3. The molecule has 0 aromatic carbocycles. The van der Waals surface area contributed by atoms with Crippen LogP contribution in [0.15, 0.2) is 16.7 Å². The second-order valence-electron chi connectivity index (χ2n) is 3.50. The van der Waals surface area contributed by atoms with Gasteiger partial charge < -0.3 is 10.2 Å². The lowest BCUT2D eigenvalue weighted by atomic mass is 10.1. The molecule has 0 fully saturated rings. The van der Waals surface area contributed by atoms with Crippen LogP contribution in [-0.4, -0.2) is 20.2 Å². The quantitative estimate of drug-likeness (QED) is 0.785. The SMILES string of the molecule is Cc1cc(C(N)Cc2nnn(C)n2)co1. The van der Waals surface area contributed by atoms with Crippen LogP contribution in [0.25, 0.3) is 0 Å². The Hall–Kier alpha value is -1.69. The van der Waals surface area contributed by atoms with E-state index in [2.05, 4.69) is 15.4 Å². The number of nitrogens with two attached hydrogens (primary N) is 1. The molecule has 0 bridgehead atoms. The van der Waals surface area contributed by atoms with Gasteiger partial charge in [0, 0.05) is 18.0 Å². The molecule has 0 aliphatic rings. The minimum Gasteiger partial charge on any atom is -0.469 e. The van der Waals surface area contributed by atoms with Gasteiger partial charge in [0.15, 0.2) is 5.82 Å². The lowest BCUT2D eigenvalue weighted by molar-refractivity contribution is 0.527. The zero-order valence-electron chi connectivity index (χ0n) is 8.71. The summed E-state index contributed by atoms with van der Waals surface area (Å²) < 4.78 is 5.19. The molecule has 0 radical (unpaired) electrons. The van der Waals surface area contributed by atoms with Gasteiger partial charge in [-0.2, -0.15) is 4.80 Å². The second-order valence-corrected chi connectivity index (χ2v) is 3.50. The van der Waals surface area contributed by atoms with Crippen LogP contribution < -0.4 is 5.73 Å². The van der Waals surface area contributed by atoms with Crippen molar-refractivity contribution in [1.29, 1.82) is 0 Å². The van der Waals surface area contributed by atoms with E-state index in [1.165, 1.54) is 4.80 Å². The molecular formula is C9H13N5O. The van der Waals surface area contributed by atoms with Gasteiger partial charge in [0.2, 0.25) is 0 Å². The lowest BCUT2D eigenvalue weighted by Gasteiger charge is -2.04. The smallest absolute Gasteiger partial charge is 0.176 e. The molecule has 6 heteroatoms. The van der Waals surface area contributed by atoms with Crippen LogP contribution in [0.5, 0.6) is 0 Å². The summed E-state index contributed by atoms with van der Waals surface area (Å²) in [5.41, 5.74) is 6.93. The molecular weight excluding hydrogens is 194 g/mol. The minimum absolute atomic E-state index is 0.147. The van der Waals surface area contributed by atoms with Gasteiger partial charge in [-0.25, -0.2) is 0 Å². The highest BCUT2D eigenvalue weighted by atomic mass is 16.3. The van der Waals surface area contributed by atoms with E-state index in [1.807, 2.05) is 13.0 Å². The van der Waals surface area contributed by atoms with Crippen LogP contribution in [-0.2, 0) is 13.5 Å². The standard InChI is InChI=1S/C9H13N5O/c1-6-3-7(5-15-6)8(10)4-9-11-13-14(2)12-9/h3,5,8H,4,10H2,1-2H3. The first-order valence-corrected chi connectivity index (χ1v) is 4.68. The summed E-state index contributed by atoms with van der Waals surface area (Å²) in [6.45, 7) is 1.89. The van der Waals surface area contributed by atoms with Crippen molar-refractivity contribution in [3.05, 3.63) is 29.5 Å². The zero-order valence-corrected chi connectivity index (χ0v) is 8.71. The van der Waals surface area contributed by atoms with E-state index < -0.39 is 0 Å². The third-order valence-corrected chi connectivity index (χ3v) is 2.13. The molecule has 80 valence electrons. The van der Waals surface area contributed by atoms with Gasteiger partial charge in [-0.15, -0.1) is 10.2 Å². The molecule has 0 saturated carbocycles. The first kappa shape index (κ1) is 9.85. The molecule has 1 atom stereocenters. The molecule has 2 N–H and O–H groups in total. The molecule has 2 aromatic heterocycles. The highest BCUT2D eigenvalue weighted by Crippen LogP contribution is 2.16. The molecule has 2 rings (SSSR count). The first-order valence-electron chi connectivity index (χ1n) is 4.68. The van der Waals surface area contributed by atoms with Crippen molar-refractivity contribution in [2.75, 3.05) is 0 Å². The molecule has 0 aliphatic carbocycles. The maximum atomic E-state index is 5.97. The van der Waals surface area contributed by atoms with Crippen LogP contribution in [0.3, 0.4) is 0 Å². The Balaban J connectivity index is 2.06. The van der Waals surface area contributed by atoms with Crippen molar-refractivity contribution in [1.82, 2.24) is 20.2 Å². The summed E-state index contributed by atoms with van der Waals surface area (Å²) in [5.74, 6) is 1.50. The molecule has 1 unspecified atom stereocenters. The molecule has 0 aliphatic heterocycles. The average Bonchev–Trinajstić information content (AvgIpc) is 2.75. The van der Waals surface area contributed by atoms with Gasteiger partial charge >= 0.3 is 0 Å². The molecule has 6 nitrogen and oxygen atoms in total. The van der Waals surface area contributed by atoms with E-state index in [4.69, 9.17) is 10.2 Å². The Morgan fingerprint density at radius 3 is 2.93 bits per heavy atom. The maximum absolute atomic E-state index is 5.97. The van der Waals surface area contributed by atoms with E-state index in [1.54, 1.807) is 13.3 Å². The van der Waals surface area contributed by atoms with Crippen molar-refractivity contribution in [3.8, 4) is 0 Å². The molecule has 0 amide bonds. The van der Waals surface area contributed by atoms with E-state index in [0.717, 1.165) is 11.3 Å². The number of aromatic nitrogens is 4. The van der Waals surface area contributed by atoms with E-state index in [0.29, 0.717) is 12.2 Å². The minimum atomic E-state index is -0.147. The fourth-order valence-electron chi connectivity index (χ4n) is 1.38. The summed E-state index contributed by atoms with van der Waals surface area (Å²) in [7, 11) is 1.73. The van der Waals surface area contributed by atoms with E-state index in [-0.39, 0.29) is 6.04 Å². The number of aryl methyl sites for hydroxylation is 2. The monoisotopic (exact) mass is 207 g/mol. The van der Waals surface area contributed by atoms with Crippen molar-refractivity contribution in [2.24, 2.45) is 12.8 Å². The third-order valence-electron chi connectivity index (χ3n) is 2.13. The van der Waals surface area contributed by atoms with Crippen molar-refractivity contribution in [2.45, 2.75) is 19.4 Å². The summed E-state index contributed by atoms with van der Waals surface area (Å²) in [6, 6.07) is 1.77. The number of nitrogens with zero attached hydrogens (tertiary/aromatic N) is 4. The Kier molecular flexibility index (Phi) is 2.51. The maximum Gasteiger partial charge on any atom is 0.176 e. The van der Waals surface area contributed by atoms with Gasteiger partial charge in [0.05, 0.1) is 13.3 Å². The van der Waals surface area contributed by atoms with Crippen LogP contribution in [0.4, 0.5) is 0 Å². The summed E-state index contributed by atoms with van der Waals surface area (Å²) >= 11 is 0. The van der Waals surface area contributed by atoms with Crippen molar-refractivity contribution in [3.63, 3.8) is 0 Å². The van der Waals surface area contributed by atoms with Crippen molar-refractivity contribution < 1.29 is 4.42 Å². The highest BCUT2D eigenvalue weighted by molar-refractivity contribution is 5.16. The van der Waals surface area contributed by atoms with E-state index in [9.17, 15) is 0 Å². The van der Waals surface area contributed by atoms with Gasteiger partial charge in [0.25, 0.3) is 0 Å². The summed E-state index contributed by atoms with van der Waals surface area (Å²) in [6.07, 6.45) is 2.23.